The van der Waals surface area contributed by atoms with Gasteiger partial charge in [0.25, 0.3) is 5.69 Å². The fourth-order valence-electron chi connectivity index (χ4n) is 2.61. The van der Waals surface area contributed by atoms with Crippen molar-refractivity contribution in [1.82, 2.24) is 4.98 Å². The molecule has 0 aliphatic carbocycles. The Bertz CT molecular complexity index is 1390. The van der Waals surface area contributed by atoms with Crippen LogP contribution in [0.5, 0.6) is 11.8 Å². The number of non-ortho nitro benzene ring substituents is 1. The topological polar surface area (TPSA) is 143 Å². The van der Waals surface area contributed by atoms with Crippen LogP contribution in [-0.2, 0) is 20.2 Å². The second-order valence-electron chi connectivity index (χ2n) is 5.60. The number of benzene rings is 2. The Morgan fingerprint density at radius 3 is 2.50 bits per heavy atom. The van der Waals surface area contributed by atoms with Crippen LogP contribution in [0.1, 0.15) is 0 Å². The highest BCUT2D eigenvalue weighted by molar-refractivity contribution is 7.91. The molecule has 3 aromatic rings. The molecule has 2 heterocycles. The molecule has 1 aliphatic heterocycles. The summed E-state index contributed by atoms with van der Waals surface area (Å²) in [5, 5.41) is 11.0. The summed E-state index contributed by atoms with van der Waals surface area (Å²) in [5.74, 6) is -0.534. The van der Waals surface area contributed by atoms with Crippen molar-refractivity contribution in [2.45, 2.75) is 9.79 Å². The Morgan fingerprint density at radius 1 is 1.07 bits per heavy atom. The molecule has 0 saturated heterocycles. The summed E-state index contributed by atoms with van der Waals surface area (Å²) in [5.41, 5.74) is -0.359. The van der Waals surface area contributed by atoms with Crippen LogP contribution in [0.15, 0.2) is 52.3 Å². The SMILES string of the molecule is O=[N+]([O-])c1ccc(S(=O)(=O)c2ccc3cc4nc(c3c2)OS(=O)(=O)O4)c(Cl)c1. The van der Waals surface area contributed by atoms with Gasteiger partial charge in [-0.15, -0.1) is 8.42 Å². The molecule has 0 fully saturated rings. The number of rotatable bonds is 3. The van der Waals surface area contributed by atoms with Crippen molar-refractivity contribution in [2.75, 3.05) is 0 Å². The van der Waals surface area contributed by atoms with Crippen molar-refractivity contribution in [3.05, 3.63) is 57.6 Å². The number of nitrogens with zero attached hydrogens (tertiary/aromatic N) is 2. The van der Waals surface area contributed by atoms with Crippen molar-refractivity contribution in [1.29, 1.82) is 0 Å². The third-order valence-electron chi connectivity index (χ3n) is 3.84. The average Bonchev–Trinajstić information content (AvgIpc) is 2.59. The van der Waals surface area contributed by atoms with Gasteiger partial charge in [-0.3, -0.25) is 10.1 Å². The van der Waals surface area contributed by atoms with E-state index in [0.29, 0.717) is 5.39 Å². The predicted octanol–water partition coefficient (Wildman–Crippen LogP) is 2.65. The largest absolute Gasteiger partial charge is 0.504 e. The normalized spacial score (nSPS) is 14.9. The Balaban J connectivity index is 1.88. The quantitative estimate of drug-likeness (QED) is 0.441. The first-order valence-electron chi connectivity index (χ1n) is 7.34. The monoisotopic (exact) mass is 442 g/mol. The van der Waals surface area contributed by atoms with Gasteiger partial charge in [-0.2, -0.15) is 4.98 Å². The molecule has 144 valence electrons. The highest BCUT2D eigenvalue weighted by Gasteiger charge is 2.28. The van der Waals surface area contributed by atoms with Gasteiger partial charge in [0.2, 0.25) is 21.6 Å². The van der Waals surface area contributed by atoms with Gasteiger partial charge in [0, 0.05) is 23.6 Å². The molecular weight excluding hydrogens is 436 g/mol. The summed E-state index contributed by atoms with van der Waals surface area (Å²) in [6.45, 7) is 0. The van der Waals surface area contributed by atoms with Crippen LogP contribution < -0.4 is 8.37 Å². The summed E-state index contributed by atoms with van der Waals surface area (Å²) in [4.78, 5) is 13.4. The van der Waals surface area contributed by atoms with Crippen molar-refractivity contribution >= 4 is 48.3 Å². The standard InChI is InChI=1S/C15H7ClN2O8S2/c16-12-6-9(18(19)20)2-4-13(12)27(21,22)10-3-1-8-5-14-17-15(11(8)7-10)26-28(23,24)25-14/h1-7H. The van der Waals surface area contributed by atoms with Crippen LogP contribution in [0.25, 0.3) is 10.8 Å². The minimum Gasteiger partial charge on any atom is -0.332 e. The highest BCUT2D eigenvalue weighted by Crippen LogP contribution is 2.36. The maximum Gasteiger partial charge on any atom is 0.504 e. The Labute approximate surface area is 162 Å². The van der Waals surface area contributed by atoms with Crippen molar-refractivity contribution < 1.29 is 30.1 Å². The van der Waals surface area contributed by atoms with Crippen LogP contribution in [0.3, 0.4) is 0 Å². The Kier molecular flexibility index (Phi) is 3.96. The molecule has 0 amide bonds. The lowest BCUT2D eigenvalue weighted by molar-refractivity contribution is -0.384. The molecule has 0 radical (unpaired) electrons. The number of fused-ring (bicyclic) bond motifs is 4. The first-order chi connectivity index (χ1) is 13.1. The zero-order valence-corrected chi connectivity index (χ0v) is 15.8. The van der Waals surface area contributed by atoms with Crippen molar-refractivity contribution in [3.63, 3.8) is 0 Å². The average molecular weight is 443 g/mol. The number of nitro benzene ring substituents is 1. The van der Waals surface area contributed by atoms with Gasteiger partial charge in [-0.1, -0.05) is 17.7 Å². The van der Waals surface area contributed by atoms with Gasteiger partial charge >= 0.3 is 10.4 Å². The van der Waals surface area contributed by atoms with Gasteiger partial charge in [0.15, 0.2) is 0 Å². The van der Waals surface area contributed by atoms with Crippen LogP contribution in [-0.4, -0.2) is 26.7 Å². The van der Waals surface area contributed by atoms with Gasteiger partial charge in [0.05, 0.1) is 19.7 Å². The van der Waals surface area contributed by atoms with E-state index in [-0.39, 0.29) is 37.6 Å². The summed E-state index contributed by atoms with van der Waals surface area (Å²) >= 11 is 5.94. The van der Waals surface area contributed by atoms with E-state index in [1.54, 1.807) is 0 Å². The molecule has 13 heteroatoms. The molecule has 0 N–H and O–H groups in total. The number of halogens is 1. The van der Waals surface area contributed by atoms with E-state index < -0.39 is 25.2 Å². The van der Waals surface area contributed by atoms with E-state index in [2.05, 4.69) is 13.4 Å². The lowest BCUT2D eigenvalue weighted by Gasteiger charge is -2.16. The summed E-state index contributed by atoms with van der Waals surface area (Å²) in [7, 11) is -8.51. The van der Waals surface area contributed by atoms with E-state index in [1.807, 2.05) is 0 Å². The Hall–Kier alpha value is -2.96. The van der Waals surface area contributed by atoms with Gasteiger partial charge in [-0.05, 0) is 23.6 Å². The fourth-order valence-corrected chi connectivity index (χ4v) is 5.08. The van der Waals surface area contributed by atoms with E-state index in [4.69, 9.17) is 11.6 Å². The van der Waals surface area contributed by atoms with Gasteiger partial charge in [-0.25, -0.2) is 8.42 Å². The third kappa shape index (κ3) is 3.00. The maximum absolute atomic E-state index is 12.9. The minimum atomic E-state index is -4.34. The summed E-state index contributed by atoms with van der Waals surface area (Å²) < 4.78 is 58.2. The molecule has 0 unspecified atom stereocenters. The minimum absolute atomic E-state index is 0.120. The molecule has 2 aromatic carbocycles. The van der Waals surface area contributed by atoms with Gasteiger partial charge in [0.1, 0.15) is 0 Å². The number of nitro groups is 1. The summed E-state index contributed by atoms with van der Waals surface area (Å²) in [6, 6.07) is 8.16. The number of aromatic nitrogens is 1. The molecule has 28 heavy (non-hydrogen) atoms. The highest BCUT2D eigenvalue weighted by atomic mass is 35.5. The number of hydrogen-bond donors (Lipinski definition) is 0. The smallest absolute Gasteiger partial charge is 0.332 e. The van der Waals surface area contributed by atoms with Gasteiger partial charge < -0.3 is 8.37 Å². The molecule has 0 atom stereocenters. The fraction of sp³-hybridized carbons (Fsp3) is 0. The third-order valence-corrected chi connectivity index (χ3v) is 6.81. The molecule has 4 rings (SSSR count). The van der Waals surface area contributed by atoms with E-state index in [9.17, 15) is 26.9 Å². The Morgan fingerprint density at radius 2 is 1.82 bits per heavy atom. The van der Waals surface area contributed by atoms with Crippen molar-refractivity contribution in [3.8, 4) is 11.8 Å². The molecule has 1 aromatic heterocycles. The zero-order valence-electron chi connectivity index (χ0n) is 13.4. The second-order valence-corrected chi connectivity index (χ2v) is 9.07. The van der Waals surface area contributed by atoms with Crippen LogP contribution in [0, 0.1) is 10.1 Å². The molecule has 0 saturated carbocycles. The first-order valence-corrected chi connectivity index (χ1v) is 10.5. The molecule has 2 bridgehead atoms. The van der Waals surface area contributed by atoms with E-state index in [1.165, 1.54) is 24.3 Å². The number of sulfone groups is 1. The molecular formula is C15H7ClN2O8S2. The van der Waals surface area contributed by atoms with Crippen molar-refractivity contribution in [2.24, 2.45) is 0 Å². The van der Waals surface area contributed by atoms with E-state index in [0.717, 1.165) is 18.2 Å². The maximum atomic E-state index is 12.9. The first kappa shape index (κ1) is 18.4. The predicted molar refractivity (Wildman–Crippen MR) is 95.5 cm³/mol. The number of hydrogen-bond acceptors (Lipinski definition) is 9. The molecule has 10 nitrogen and oxygen atoms in total. The number of pyridine rings is 1. The van der Waals surface area contributed by atoms with Crippen LogP contribution in [0.2, 0.25) is 5.02 Å². The second kappa shape index (κ2) is 6.02. The zero-order chi connectivity index (χ0) is 20.3. The van der Waals surface area contributed by atoms with E-state index >= 15 is 0 Å². The summed E-state index contributed by atoms with van der Waals surface area (Å²) in [6.07, 6.45) is 0. The lowest BCUT2D eigenvalue weighted by atomic mass is 10.2. The molecule has 1 aliphatic rings. The molecule has 0 spiro atoms. The lowest BCUT2D eigenvalue weighted by Crippen LogP contribution is -2.21. The van der Waals surface area contributed by atoms with Crippen LogP contribution >= 0.6 is 11.6 Å². The van der Waals surface area contributed by atoms with Crippen LogP contribution in [0.4, 0.5) is 5.69 Å².